The second kappa shape index (κ2) is 10.3. The van der Waals surface area contributed by atoms with Gasteiger partial charge >= 0.3 is 0 Å². The maximum absolute atomic E-state index is 12.9. The van der Waals surface area contributed by atoms with Crippen molar-refractivity contribution in [3.05, 3.63) is 53.6 Å². The smallest absolute Gasteiger partial charge is 0.251 e. The van der Waals surface area contributed by atoms with Gasteiger partial charge in [-0.05, 0) is 56.2 Å². The summed E-state index contributed by atoms with van der Waals surface area (Å²) in [6, 6.07) is 11.5. The quantitative estimate of drug-likeness (QED) is 0.648. The van der Waals surface area contributed by atoms with Crippen LogP contribution < -0.4 is 14.8 Å². The lowest BCUT2D eigenvalue weighted by Gasteiger charge is -2.34. The van der Waals surface area contributed by atoms with E-state index >= 15 is 0 Å². The lowest BCUT2D eigenvalue weighted by Crippen LogP contribution is -2.48. The van der Waals surface area contributed by atoms with Gasteiger partial charge in [-0.25, -0.2) is 8.42 Å². The molecular weight excluding hydrogens is 432 g/mol. The molecule has 1 aliphatic rings. The van der Waals surface area contributed by atoms with Crippen molar-refractivity contribution in [2.24, 2.45) is 0 Å². The zero-order valence-corrected chi connectivity index (χ0v) is 19.6. The number of carbonyl (C=O) groups excluding carboxylic acids is 1. The van der Waals surface area contributed by atoms with Crippen LogP contribution in [-0.4, -0.2) is 64.7 Å². The zero-order chi connectivity index (χ0) is 23.3. The number of rotatable bonds is 8. The van der Waals surface area contributed by atoms with Crippen LogP contribution in [0.3, 0.4) is 0 Å². The molecule has 174 valence electrons. The Morgan fingerprint density at radius 1 is 1.06 bits per heavy atom. The third kappa shape index (κ3) is 5.59. The maximum atomic E-state index is 12.9. The summed E-state index contributed by atoms with van der Waals surface area (Å²) >= 11 is 0. The van der Waals surface area contributed by atoms with E-state index in [1.165, 1.54) is 28.6 Å². The van der Waals surface area contributed by atoms with Gasteiger partial charge in [-0.1, -0.05) is 6.07 Å². The van der Waals surface area contributed by atoms with Crippen molar-refractivity contribution in [3.8, 4) is 11.5 Å². The number of hydrogen-bond acceptors (Lipinski definition) is 6. The van der Waals surface area contributed by atoms with E-state index in [1.54, 1.807) is 20.3 Å². The highest BCUT2D eigenvalue weighted by Gasteiger charge is 2.32. The molecule has 2 unspecified atom stereocenters. The molecule has 1 saturated heterocycles. The van der Waals surface area contributed by atoms with Gasteiger partial charge in [-0.15, -0.1) is 0 Å². The molecule has 1 fully saturated rings. The molecule has 9 heteroatoms. The van der Waals surface area contributed by atoms with Crippen LogP contribution in [-0.2, 0) is 21.2 Å². The lowest BCUT2D eigenvalue weighted by atomic mass is 10.1. The van der Waals surface area contributed by atoms with Crippen LogP contribution in [0.5, 0.6) is 11.5 Å². The Hall–Kier alpha value is -2.62. The van der Waals surface area contributed by atoms with E-state index in [4.69, 9.17) is 14.2 Å². The van der Waals surface area contributed by atoms with Crippen molar-refractivity contribution in [1.82, 2.24) is 9.62 Å². The first-order chi connectivity index (χ1) is 15.2. The fraction of sp³-hybridized carbons (Fsp3) is 0.435. The number of benzene rings is 2. The van der Waals surface area contributed by atoms with Crippen LogP contribution >= 0.6 is 0 Å². The minimum atomic E-state index is -3.64. The minimum Gasteiger partial charge on any atom is -0.497 e. The lowest BCUT2D eigenvalue weighted by molar-refractivity contribution is -0.0440. The fourth-order valence-electron chi connectivity index (χ4n) is 3.73. The number of sulfonamides is 1. The first kappa shape index (κ1) is 24.0. The summed E-state index contributed by atoms with van der Waals surface area (Å²) in [4.78, 5) is 12.7. The topological polar surface area (TPSA) is 94.2 Å². The van der Waals surface area contributed by atoms with E-state index in [2.05, 4.69) is 5.32 Å². The summed E-state index contributed by atoms with van der Waals surface area (Å²) in [5.41, 5.74) is 1.35. The molecule has 32 heavy (non-hydrogen) atoms. The van der Waals surface area contributed by atoms with Gasteiger partial charge < -0.3 is 19.5 Å². The Morgan fingerprint density at radius 2 is 1.72 bits per heavy atom. The Morgan fingerprint density at radius 3 is 2.31 bits per heavy atom. The van der Waals surface area contributed by atoms with Crippen molar-refractivity contribution >= 4 is 15.9 Å². The Kier molecular flexibility index (Phi) is 7.76. The zero-order valence-electron chi connectivity index (χ0n) is 18.8. The van der Waals surface area contributed by atoms with E-state index in [-0.39, 0.29) is 23.0 Å². The first-order valence-corrected chi connectivity index (χ1v) is 11.9. The van der Waals surface area contributed by atoms with Crippen molar-refractivity contribution in [2.45, 2.75) is 37.4 Å². The van der Waals surface area contributed by atoms with Gasteiger partial charge in [0.05, 0.1) is 31.3 Å². The first-order valence-electron chi connectivity index (χ1n) is 10.5. The Balaban J connectivity index is 1.60. The molecule has 3 rings (SSSR count). The summed E-state index contributed by atoms with van der Waals surface area (Å²) < 4.78 is 43.5. The van der Waals surface area contributed by atoms with Crippen molar-refractivity contribution in [1.29, 1.82) is 0 Å². The molecule has 1 heterocycles. The monoisotopic (exact) mass is 462 g/mol. The number of ether oxygens (including phenoxy) is 3. The molecule has 2 atom stereocenters. The molecule has 2 aromatic carbocycles. The molecule has 1 N–H and O–H groups in total. The third-order valence-electron chi connectivity index (χ3n) is 5.31. The third-order valence-corrected chi connectivity index (χ3v) is 7.16. The van der Waals surface area contributed by atoms with Crippen molar-refractivity contribution < 1.29 is 27.4 Å². The highest BCUT2D eigenvalue weighted by Crippen LogP contribution is 2.25. The average Bonchev–Trinajstić information content (AvgIpc) is 2.78. The van der Waals surface area contributed by atoms with E-state index < -0.39 is 10.0 Å². The molecule has 1 aliphatic heterocycles. The van der Waals surface area contributed by atoms with Crippen LogP contribution in [0.4, 0.5) is 0 Å². The molecule has 0 radical (unpaired) electrons. The molecule has 0 spiro atoms. The van der Waals surface area contributed by atoms with Gasteiger partial charge in [0.1, 0.15) is 11.5 Å². The standard InChI is InChI=1S/C23H30N2O6S/c1-16-14-25(15-17(2)31-16)32(27,28)21-9-6-19(7-10-21)23(26)24-12-11-18-5-8-20(29-3)13-22(18)30-4/h5-10,13,16-17H,11-12,14-15H2,1-4H3,(H,24,26). The summed E-state index contributed by atoms with van der Waals surface area (Å²) in [6.45, 7) is 4.73. The van der Waals surface area contributed by atoms with Crippen molar-refractivity contribution in [3.63, 3.8) is 0 Å². The van der Waals surface area contributed by atoms with Crippen LogP contribution in [0.15, 0.2) is 47.4 Å². The van der Waals surface area contributed by atoms with Gasteiger partial charge in [0.2, 0.25) is 10.0 Å². The number of carbonyl (C=O) groups is 1. The average molecular weight is 463 g/mol. The van der Waals surface area contributed by atoms with Crippen LogP contribution in [0.25, 0.3) is 0 Å². The van der Waals surface area contributed by atoms with Gasteiger partial charge in [0.25, 0.3) is 5.91 Å². The normalized spacial score (nSPS) is 19.4. The van der Waals surface area contributed by atoms with E-state index in [0.29, 0.717) is 43.1 Å². The molecule has 2 aromatic rings. The van der Waals surface area contributed by atoms with Crippen LogP contribution in [0, 0.1) is 0 Å². The van der Waals surface area contributed by atoms with E-state index in [1.807, 2.05) is 26.0 Å². The highest BCUT2D eigenvalue weighted by atomic mass is 32.2. The predicted molar refractivity (Wildman–Crippen MR) is 121 cm³/mol. The Labute approximate surface area is 189 Å². The second-order valence-corrected chi connectivity index (χ2v) is 9.73. The fourth-order valence-corrected chi connectivity index (χ4v) is 5.32. The van der Waals surface area contributed by atoms with Crippen LogP contribution in [0.1, 0.15) is 29.8 Å². The molecule has 0 aromatic heterocycles. The van der Waals surface area contributed by atoms with E-state index in [9.17, 15) is 13.2 Å². The van der Waals surface area contributed by atoms with Crippen LogP contribution in [0.2, 0.25) is 0 Å². The summed E-state index contributed by atoms with van der Waals surface area (Å²) in [6.07, 6.45) is 0.254. The van der Waals surface area contributed by atoms with Gasteiger partial charge in [-0.3, -0.25) is 4.79 Å². The molecule has 1 amide bonds. The highest BCUT2D eigenvalue weighted by molar-refractivity contribution is 7.89. The number of morpholine rings is 1. The number of nitrogens with one attached hydrogen (secondary N) is 1. The number of nitrogens with zero attached hydrogens (tertiary/aromatic N) is 1. The van der Waals surface area contributed by atoms with Gasteiger partial charge in [0, 0.05) is 31.3 Å². The SMILES string of the molecule is COc1ccc(CCNC(=O)c2ccc(S(=O)(=O)N3CC(C)OC(C)C3)cc2)c(OC)c1. The second-order valence-electron chi connectivity index (χ2n) is 7.79. The molecule has 0 aliphatic carbocycles. The predicted octanol–water partition coefficient (Wildman–Crippen LogP) is 2.47. The van der Waals surface area contributed by atoms with Gasteiger partial charge in [0.15, 0.2) is 0 Å². The molecular formula is C23H30N2O6S. The molecule has 0 bridgehead atoms. The summed E-state index contributed by atoms with van der Waals surface area (Å²) in [7, 11) is -0.461. The Bertz CT molecular complexity index is 1030. The molecule has 8 nitrogen and oxygen atoms in total. The number of hydrogen-bond donors (Lipinski definition) is 1. The minimum absolute atomic E-state index is 0.164. The molecule has 0 saturated carbocycles. The largest absolute Gasteiger partial charge is 0.497 e. The summed E-state index contributed by atoms with van der Waals surface area (Å²) in [5.74, 6) is 1.13. The van der Waals surface area contributed by atoms with Gasteiger partial charge in [-0.2, -0.15) is 4.31 Å². The van der Waals surface area contributed by atoms with Crippen molar-refractivity contribution in [2.75, 3.05) is 33.9 Å². The van der Waals surface area contributed by atoms with E-state index in [0.717, 1.165) is 5.56 Å². The number of amides is 1. The number of methoxy groups -OCH3 is 2. The maximum Gasteiger partial charge on any atom is 0.251 e. The summed E-state index contributed by atoms with van der Waals surface area (Å²) in [5, 5.41) is 2.86.